The maximum atomic E-state index is 13.7. The van der Waals surface area contributed by atoms with E-state index in [9.17, 15) is 38.1 Å². The predicted molar refractivity (Wildman–Crippen MR) is 238 cm³/mol. The Labute approximate surface area is 382 Å². The number of aliphatic carboxylic acids is 1. The number of rotatable bonds is 15. The first-order valence-electron chi connectivity index (χ1n) is 21.7. The number of fused-ring (bicyclic) bond motifs is 1. The minimum atomic E-state index is -5.08. The number of nitrogens with zero attached hydrogens (tertiary/aromatic N) is 8. The molecule has 0 radical (unpaired) electrons. The summed E-state index contributed by atoms with van der Waals surface area (Å²) in [6.07, 6.45) is 1.42. The number of nitrogens with one attached hydrogen (secondary N) is 4. The summed E-state index contributed by atoms with van der Waals surface area (Å²) in [5.74, 6) is -2.16. The molecule has 2 aliphatic rings. The van der Waals surface area contributed by atoms with Gasteiger partial charge in [0.1, 0.15) is 23.5 Å². The molecular weight excluding hydrogens is 878 g/mol. The van der Waals surface area contributed by atoms with Gasteiger partial charge >= 0.3 is 18.2 Å². The van der Waals surface area contributed by atoms with Crippen molar-refractivity contribution in [1.82, 2.24) is 50.2 Å². The lowest BCUT2D eigenvalue weighted by molar-refractivity contribution is -0.192. The van der Waals surface area contributed by atoms with Crippen molar-refractivity contribution in [3.05, 3.63) is 126 Å². The zero-order chi connectivity index (χ0) is 47.5. The van der Waals surface area contributed by atoms with E-state index in [1.54, 1.807) is 28.0 Å². The number of aliphatic hydroxyl groups is 3. The molecule has 354 valence electrons. The number of carboxylic acid groups (broad SMARTS) is 1. The van der Waals surface area contributed by atoms with E-state index in [4.69, 9.17) is 9.90 Å². The van der Waals surface area contributed by atoms with Gasteiger partial charge in [0.05, 0.1) is 31.2 Å². The van der Waals surface area contributed by atoms with E-state index in [-0.39, 0.29) is 43.4 Å². The average molecular weight is 929 g/mol. The molecule has 8 N–H and O–H groups in total. The number of carbonyl (C=O) groups excluding carboxylic acids is 2. The van der Waals surface area contributed by atoms with Crippen LogP contribution in [-0.2, 0) is 11.4 Å². The predicted octanol–water partition coefficient (Wildman–Crippen LogP) is 3.78. The Morgan fingerprint density at radius 1 is 0.836 bits per heavy atom. The number of anilines is 2. The van der Waals surface area contributed by atoms with Crippen LogP contribution in [0.5, 0.6) is 0 Å². The molecule has 2 fully saturated rings. The molecule has 1 saturated carbocycles. The molecule has 0 spiro atoms. The fraction of sp³-hybridized carbons (Fsp3) is 0.378. The van der Waals surface area contributed by atoms with Crippen molar-refractivity contribution in [2.75, 3.05) is 42.9 Å². The van der Waals surface area contributed by atoms with E-state index < -0.39 is 42.3 Å². The minimum Gasteiger partial charge on any atom is -0.475 e. The van der Waals surface area contributed by atoms with Crippen molar-refractivity contribution in [2.24, 2.45) is 0 Å². The van der Waals surface area contributed by atoms with Gasteiger partial charge in [-0.05, 0) is 48.9 Å². The van der Waals surface area contributed by atoms with E-state index in [1.807, 2.05) is 54.6 Å². The number of amides is 3. The summed E-state index contributed by atoms with van der Waals surface area (Å²) in [6.45, 7) is 2.43. The summed E-state index contributed by atoms with van der Waals surface area (Å²) >= 11 is 0. The van der Waals surface area contributed by atoms with Crippen molar-refractivity contribution >= 4 is 40.7 Å². The quantitative estimate of drug-likeness (QED) is 0.0683. The van der Waals surface area contributed by atoms with Crippen molar-refractivity contribution in [3.8, 4) is 0 Å². The van der Waals surface area contributed by atoms with Crippen LogP contribution in [0.4, 0.5) is 29.6 Å². The zero-order valence-corrected chi connectivity index (χ0v) is 36.1. The first kappa shape index (κ1) is 47.8. The highest BCUT2D eigenvalue weighted by atomic mass is 19.4. The van der Waals surface area contributed by atoms with Crippen molar-refractivity contribution in [1.29, 1.82) is 0 Å². The Morgan fingerprint density at radius 3 is 2.09 bits per heavy atom. The Morgan fingerprint density at radius 2 is 1.48 bits per heavy atom. The van der Waals surface area contributed by atoms with E-state index in [0.717, 1.165) is 42.9 Å². The Bertz CT molecular complexity index is 2520. The SMILES string of the molecule is O=C(NCCCNC(=O)c1nc(NCC(c2ccccc2)c2ccccc2)c2ncn([C@@H]3C[C@H](n4cc(CO)cn4)[C@@H](O)[C@H]3O)c2n1)NC1CCN(c2ccccn2)CC1.O=C(O)C(F)(F)F. The maximum Gasteiger partial charge on any atom is 0.490 e. The van der Waals surface area contributed by atoms with Crippen molar-refractivity contribution in [2.45, 2.75) is 74.7 Å². The molecule has 6 aromatic rings. The number of piperidine rings is 1. The van der Waals surface area contributed by atoms with Crippen LogP contribution in [0.25, 0.3) is 11.2 Å². The molecule has 1 aliphatic carbocycles. The minimum absolute atomic E-state index is 0.0628. The molecule has 0 bridgehead atoms. The van der Waals surface area contributed by atoms with Crippen LogP contribution < -0.4 is 26.2 Å². The number of alkyl halides is 3. The molecule has 0 unspecified atom stereocenters. The summed E-state index contributed by atoms with van der Waals surface area (Å²) in [5, 5.41) is 55.8. The number of benzene rings is 2. The molecular formula is C45H51F3N12O7. The molecule has 67 heavy (non-hydrogen) atoms. The largest absolute Gasteiger partial charge is 0.490 e. The second-order valence-corrected chi connectivity index (χ2v) is 16.1. The summed E-state index contributed by atoms with van der Waals surface area (Å²) in [4.78, 5) is 56.0. The summed E-state index contributed by atoms with van der Waals surface area (Å²) in [7, 11) is 0. The van der Waals surface area contributed by atoms with Gasteiger partial charge in [-0.15, -0.1) is 0 Å². The number of hydrogen-bond donors (Lipinski definition) is 8. The van der Waals surface area contributed by atoms with Crippen LogP contribution in [0.1, 0.15) is 71.0 Å². The molecule has 1 aliphatic heterocycles. The number of hydrogen-bond acceptors (Lipinski definition) is 13. The number of urea groups is 1. The number of pyridine rings is 1. The van der Waals surface area contributed by atoms with Crippen LogP contribution in [-0.4, -0.2) is 130 Å². The van der Waals surface area contributed by atoms with Gasteiger partial charge in [-0.2, -0.15) is 18.3 Å². The fourth-order valence-electron chi connectivity index (χ4n) is 8.15. The zero-order valence-electron chi connectivity index (χ0n) is 36.1. The standard InChI is InChI=1S/C43H50N12O5.C2HF3O2/c56-26-28-23-49-55(25-28)34-22-33(37(57)38(34)58)54-27-48-36-39(47-24-32(29-10-3-1-4-11-29)30-12-5-2-6-13-30)51-40(52-41(36)54)42(59)45-18-9-19-46-43(60)50-31-15-20-53(21-16-31)35-14-7-8-17-44-35;3-2(4,5)1(6)7/h1-8,10-14,17,23,25,27,31-34,37-38,56-58H,9,15-16,18-22,24,26H2,(H,45,59)(H2,46,50,60)(H,47,51,52);(H,6,7)/t33-,34+,37+,38-;/m1./s1. The fourth-order valence-corrected chi connectivity index (χ4v) is 8.15. The number of aliphatic hydroxyl groups excluding tert-OH is 3. The number of halogens is 3. The average Bonchev–Trinajstić information content (AvgIpc) is 4.07. The lowest BCUT2D eigenvalue weighted by Crippen LogP contribution is -2.48. The third-order valence-corrected chi connectivity index (χ3v) is 11.6. The molecule has 4 aromatic heterocycles. The van der Waals surface area contributed by atoms with Crippen molar-refractivity contribution in [3.63, 3.8) is 0 Å². The number of aromatic nitrogens is 7. The summed E-state index contributed by atoms with van der Waals surface area (Å²) < 4.78 is 35.0. The monoisotopic (exact) mass is 928 g/mol. The highest BCUT2D eigenvalue weighted by molar-refractivity contribution is 5.94. The van der Waals surface area contributed by atoms with Crippen LogP contribution >= 0.6 is 0 Å². The molecule has 4 atom stereocenters. The van der Waals surface area contributed by atoms with E-state index in [0.29, 0.717) is 42.1 Å². The molecule has 19 nitrogen and oxygen atoms in total. The lowest BCUT2D eigenvalue weighted by Gasteiger charge is -2.33. The Kier molecular flexibility index (Phi) is 15.6. The van der Waals surface area contributed by atoms with Crippen LogP contribution in [0.15, 0.2) is 104 Å². The molecule has 3 amide bonds. The number of carboxylic acids is 1. The van der Waals surface area contributed by atoms with Crippen molar-refractivity contribution < 1.29 is 48.0 Å². The summed E-state index contributed by atoms with van der Waals surface area (Å²) in [5.41, 5.74) is 3.48. The van der Waals surface area contributed by atoms with Crippen LogP contribution in [0, 0.1) is 0 Å². The number of imidazole rings is 1. The topological polar surface area (TPSA) is 258 Å². The van der Waals surface area contributed by atoms with Gasteiger partial charge in [0.2, 0.25) is 5.82 Å². The van der Waals surface area contributed by atoms with Gasteiger partial charge in [-0.1, -0.05) is 66.7 Å². The van der Waals surface area contributed by atoms with E-state index in [2.05, 4.69) is 75.5 Å². The Hall–Kier alpha value is -7.17. The molecule has 1 saturated heterocycles. The summed E-state index contributed by atoms with van der Waals surface area (Å²) in [6, 6.07) is 24.6. The lowest BCUT2D eigenvalue weighted by atomic mass is 9.91. The van der Waals surface area contributed by atoms with Crippen LogP contribution in [0.2, 0.25) is 0 Å². The second-order valence-electron chi connectivity index (χ2n) is 16.1. The van der Waals surface area contributed by atoms with Gasteiger partial charge in [0.25, 0.3) is 5.91 Å². The maximum absolute atomic E-state index is 13.7. The smallest absolute Gasteiger partial charge is 0.475 e. The molecule has 2 aromatic carbocycles. The third kappa shape index (κ3) is 12.0. The Balaban J connectivity index is 0.000000883. The van der Waals surface area contributed by atoms with Crippen LogP contribution in [0.3, 0.4) is 0 Å². The highest BCUT2D eigenvalue weighted by Crippen LogP contribution is 2.40. The first-order valence-corrected chi connectivity index (χ1v) is 21.7. The first-order chi connectivity index (χ1) is 32.3. The van der Waals surface area contributed by atoms with Gasteiger partial charge in [0.15, 0.2) is 11.5 Å². The normalized spacial score (nSPS) is 18.6. The van der Waals surface area contributed by atoms with Gasteiger partial charge in [-0.3, -0.25) is 9.48 Å². The van der Waals surface area contributed by atoms with E-state index >= 15 is 0 Å². The molecule has 22 heteroatoms. The number of carbonyl (C=O) groups is 3. The molecule has 5 heterocycles. The second kappa shape index (κ2) is 21.9. The van der Waals surface area contributed by atoms with Gasteiger partial charge in [-0.25, -0.2) is 29.5 Å². The third-order valence-electron chi connectivity index (χ3n) is 11.6. The van der Waals surface area contributed by atoms with Gasteiger partial charge in [0, 0.05) is 62.6 Å². The van der Waals surface area contributed by atoms with Gasteiger partial charge < -0.3 is 51.2 Å². The molecule has 8 rings (SSSR count). The highest BCUT2D eigenvalue weighted by Gasteiger charge is 2.45. The van der Waals surface area contributed by atoms with E-state index in [1.165, 1.54) is 6.20 Å².